The first-order chi connectivity index (χ1) is 38.0. The van der Waals surface area contributed by atoms with Crippen molar-refractivity contribution in [3.8, 4) is 78.9 Å². The second-order valence-electron chi connectivity index (χ2n) is 21.7. The molecule has 0 saturated carbocycles. The van der Waals surface area contributed by atoms with Crippen molar-refractivity contribution in [3.05, 3.63) is 240 Å². The fourth-order valence-corrected chi connectivity index (χ4v) is 14.6. The molecule has 0 unspecified atom stereocenters. The second-order valence-corrected chi connectivity index (χ2v) is 23.8. The summed E-state index contributed by atoms with van der Waals surface area (Å²) in [6.07, 6.45) is 4.42. The van der Waals surface area contributed by atoms with Crippen LogP contribution >= 0.6 is 22.7 Å². The minimum absolute atomic E-state index is 0.147. The van der Waals surface area contributed by atoms with Gasteiger partial charge in [-0.25, -0.2) is 9.97 Å². The van der Waals surface area contributed by atoms with Crippen LogP contribution in [0.5, 0.6) is 0 Å². The molecule has 2 aliphatic rings. The first kappa shape index (κ1) is 45.9. The van der Waals surface area contributed by atoms with Crippen LogP contribution in [0.3, 0.4) is 0 Å². The van der Waals surface area contributed by atoms with Crippen molar-refractivity contribution in [1.29, 1.82) is 10.5 Å². The minimum atomic E-state index is -0.159. The number of pyridine rings is 2. The molecule has 78 heavy (non-hydrogen) atoms. The van der Waals surface area contributed by atoms with Gasteiger partial charge in [0.2, 0.25) is 0 Å². The molecule has 8 heteroatoms. The summed E-state index contributed by atoms with van der Waals surface area (Å²) in [5.41, 5.74) is 24.8. The Hall–Kier alpha value is -9.44. The zero-order valence-electron chi connectivity index (χ0n) is 43.1. The maximum Gasteiger partial charge on any atom is 0.138 e. The summed E-state index contributed by atoms with van der Waals surface area (Å²) in [6.45, 7) is 9.03. The Labute approximate surface area is 458 Å². The molecule has 14 aromatic rings. The van der Waals surface area contributed by atoms with Crippen molar-refractivity contribution in [3.63, 3.8) is 0 Å². The van der Waals surface area contributed by atoms with Gasteiger partial charge in [-0.15, -0.1) is 22.7 Å². The Morgan fingerprint density at radius 2 is 0.744 bits per heavy atom. The molecule has 6 nitrogen and oxygen atoms in total. The lowest BCUT2D eigenvalue weighted by Crippen LogP contribution is -2.15. The standard InChI is InChI=1S/2C35H23N3S/c1-35(2)29-16-21(19-36)10-13-26(29)27-14-11-24(18-30(27)35)22-6-5-7-23(17-22)25-12-15-32-37-33-28-8-3-4-9-31(28)39-34(33)38(32)20-25;1-35(2)29-17-21(19-36)7-14-26(29)27-15-12-24(18-30(27)35)22-8-10-23(11-9-22)25-13-16-32-37-33-28-5-3-4-6-31(28)39-34(33)38(32)20-25/h2*3-18,20H,1-2H3. The number of benzene rings is 8. The van der Waals surface area contributed by atoms with E-state index >= 15 is 0 Å². The molecule has 0 saturated heterocycles. The SMILES string of the molecule is CC1(C)c2cc(C#N)ccc2-c2ccc(-c3ccc(-c4ccc5nc6c7ccccc7sc6n5c4)cc3)cc21.CC1(C)c2cc(C#N)ccc2-c2ccc(-c3cccc(-c4ccc5nc6c7ccccc7sc6n5c4)c3)cc21. The van der Waals surface area contributed by atoms with Gasteiger partial charge >= 0.3 is 0 Å². The quantitative estimate of drug-likeness (QED) is 0.176. The summed E-state index contributed by atoms with van der Waals surface area (Å²) in [5, 5.41) is 21.3. The van der Waals surface area contributed by atoms with Crippen molar-refractivity contribution in [1.82, 2.24) is 18.8 Å². The molecule has 6 heterocycles. The molecule has 0 aliphatic heterocycles. The van der Waals surface area contributed by atoms with Crippen LogP contribution in [0.15, 0.2) is 207 Å². The van der Waals surface area contributed by atoms with E-state index in [-0.39, 0.29) is 10.8 Å². The van der Waals surface area contributed by atoms with Crippen molar-refractivity contribution in [2.45, 2.75) is 38.5 Å². The van der Waals surface area contributed by atoms with E-state index in [1.807, 2.05) is 18.2 Å². The number of rotatable bonds is 4. The van der Waals surface area contributed by atoms with E-state index in [1.165, 1.54) is 119 Å². The number of hydrogen-bond acceptors (Lipinski definition) is 6. The summed E-state index contributed by atoms with van der Waals surface area (Å²) < 4.78 is 6.99. The molecule has 0 radical (unpaired) electrons. The molecule has 0 amide bonds. The van der Waals surface area contributed by atoms with E-state index in [4.69, 9.17) is 9.97 Å². The Morgan fingerprint density at radius 1 is 0.372 bits per heavy atom. The van der Waals surface area contributed by atoms with Crippen LogP contribution < -0.4 is 0 Å². The molecule has 0 fully saturated rings. The number of fused-ring (bicyclic) bond motifs is 16. The lowest BCUT2D eigenvalue weighted by molar-refractivity contribution is 0.660. The van der Waals surface area contributed by atoms with E-state index in [2.05, 4.69) is 237 Å². The highest BCUT2D eigenvalue weighted by molar-refractivity contribution is 7.25. The Morgan fingerprint density at radius 3 is 1.23 bits per heavy atom. The van der Waals surface area contributed by atoms with Gasteiger partial charge in [-0.05, 0) is 168 Å². The van der Waals surface area contributed by atoms with E-state index < -0.39 is 0 Å². The average molecular weight is 1040 g/mol. The van der Waals surface area contributed by atoms with Gasteiger partial charge in [0.05, 0.1) is 23.3 Å². The van der Waals surface area contributed by atoms with Gasteiger partial charge in [-0.3, -0.25) is 8.80 Å². The first-order valence-corrected chi connectivity index (χ1v) is 27.9. The second kappa shape index (κ2) is 17.0. The third kappa shape index (κ3) is 6.97. The summed E-state index contributed by atoms with van der Waals surface area (Å²) in [5.74, 6) is 0. The average Bonchev–Trinajstić information content (AvgIpc) is 4.49. The van der Waals surface area contributed by atoms with Crippen LogP contribution in [0.2, 0.25) is 0 Å². The van der Waals surface area contributed by atoms with Gasteiger partial charge < -0.3 is 0 Å². The van der Waals surface area contributed by atoms with Crippen LogP contribution in [-0.2, 0) is 10.8 Å². The third-order valence-corrected chi connectivity index (χ3v) is 18.9. The number of nitriles is 2. The molecule has 368 valence electrons. The molecule has 8 aromatic carbocycles. The van der Waals surface area contributed by atoms with Crippen LogP contribution in [0.4, 0.5) is 0 Å². The van der Waals surface area contributed by atoms with Gasteiger partial charge in [0.15, 0.2) is 0 Å². The van der Waals surface area contributed by atoms with Crippen LogP contribution in [0.1, 0.15) is 61.1 Å². The smallest absolute Gasteiger partial charge is 0.138 e. The molecule has 0 bridgehead atoms. The summed E-state index contributed by atoms with van der Waals surface area (Å²) in [7, 11) is 0. The highest BCUT2D eigenvalue weighted by Crippen LogP contribution is 2.52. The molecule has 16 rings (SSSR count). The van der Waals surface area contributed by atoms with Crippen LogP contribution in [-0.4, -0.2) is 18.8 Å². The molecule has 2 aliphatic carbocycles. The first-order valence-electron chi connectivity index (χ1n) is 26.2. The predicted octanol–water partition coefficient (Wildman–Crippen LogP) is 18.4. The molecule has 0 spiro atoms. The minimum Gasteiger partial charge on any atom is -0.290 e. The number of aromatic nitrogens is 4. The van der Waals surface area contributed by atoms with Gasteiger partial charge in [-0.1, -0.05) is 143 Å². The monoisotopic (exact) mass is 1030 g/mol. The number of nitrogens with zero attached hydrogens (tertiary/aromatic N) is 6. The third-order valence-electron chi connectivity index (χ3n) is 16.5. The van der Waals surface area contributed by atoms with E-state index in [0.29, 0.717) is 11.1 Å². The van der Waals surface area contributed by atoms with Gasteiger partial charge in [0.1, 0.15) is 32.0 Å². The highest BCUT2D eigenvalue weighted by atomic mass is 32.1. The topological polar surface area (TPSA) is 82.2 Å². The molecular weight excluding hydrogens is 989 g/mol. The largest absolute Gasteiger partial charge is 0.290 e. The van der Waals surface area contributed by atoms with E-state index in [1.54, 1.807) is 22.7 Å². The molecule has 0 atom stereocenters. The Kier molecular flexibility index (Phi) is 10.0. The molecule has 6 aromatic heterocycles. The van der Waals surface area contributed by atoms with Gasteiger partial charge in [-0.2, -0.15) is 10.5 Å². The normalized spacial score (nSPS) is 13.6. The van der Waals surface area contributed by atoms with Crippen LogP contribution in [0.25, 0.3) is 119 Å². The van der Waals surface area contributed by atoms with Crippen molar-refractivity contribution < 1.29 is 0 Å². The van der Waals surface area contributed by atoms with Crippen molar-refractivity contribution >= 4 is 74.8 Å². The zero-order chi connectivity index (χ0) is 52.6. The number of imidazole rings is 2. The lowest BCUT2D eigenvalue weighted by atomic mass is 9.81. The molecular formula is C70H46N6S2. The van der Waals surface area contributed by atoms with Gasteiger partial charge in [0.25, 0.3) is 0 Å². The summed E-state index contributed by atoms with van der Waals surface area (Å²) in [6, 6.07) is 73.5. The highest BCUT2D eigenvalue weighted by Gasteiger charge is 2.37. The maximum atomic E-state index is 9.45. The summed E-state index contributed by atoms with van der Waals surface area (Å²) >= 11 is 3.59. The summed E-state index contributed by atoms with van der Waals surface area (Å²) in [4.78, 5) is 12.2. The van der Waals surface area contributed by atoms with E-state index in [0.717, 1.165) is 22.3 Å². The van der Waals surface area contributed by atoms with Gasteiger partial charge in [0, 0.05) is 43.4 Å². The van der Waals surface area contributed by atoms with Crippen molar-refractivity contribution in [2.24, 2.45) is 0 Å². The maximum absolute atomic E-state index is 9.45. The predicted molar refractivity (Wildman–Crippen MR) is 322 cm³/mol. The Balaban J connectivity index is 0.000000136. The fourth-order valence-electron chi connectivity index (χ4n) is 12.4. The lowest BCUT2D eigenvalue weighted by Gasteiger charge is -2.22. The van der Waals surface area contributed by atoms with Crippen molar-refractivity contribution in [2.75, 3.05) is 0 Å². The van der Waals surface area contributed by atoms with Crippen LogP contribution in [0, 0.1) is 22.7 Å². The van der Waals surface area contributed by atoms with E-state index in [9.17, 15) is 10.5 Å². The zero-order valence-corrected chi connectivity index (χ0v) is 44.8. The fraction of sp³-hybridized carbons (Fsp3) is 0.0857. The Bertz CT molecular complexity index is 4950. The number of thiophene rings is 2. The number of hydrogen-bond donors (Lipinski definition) is 0. The molecule has 0 N–H and O–H groups in total.